The highest BCUT2D eigenvalue weighted by atomic mass is 16.5. The Labute approximate surface area is 433 Å². The molecule has 0 spiro atoms. The second-order valence-electron chi connectivity index (χ2n) is 21.3. The molecule has 0 fully saturated rings. The van der Waals surface area contributed by atoms with Gasteiger partial charge in [0.15, 0.2) is 0 Å². The summed E-state index contributed by atoms with van der Waals surface area (Å²) in [7, 11) is 0. The molecule has 7 nitrogen and oxygen atoms in total. The SMILES string of the molecule is O=C(O)CN1CCCCCCCCC/C=C\CCCCCCCCC1=O.O=C1CCCCCCCC/C=C\CCCCCCCCCC1.O=C1CCCCCCCC/C=C\CCCCCCCCCO1. The van der Waals surface area contributed by atoms with Crippen LogP contribution in [0.25, 0.3) is 0 Å². The third-order valence-electron chi connectivity index (χ3n) is 14.4. The van der Waals surface area contributed by atoms with Crippen LogP contribution in [0.4, 0.5) is 0 Å². The Hall–Kier alpha value is -2.70. The van der Waals surface area contributed by atoms with Crippen molar-refractivity contribution in [1.29, 1.82) is 0 Å². The minimum Gasteiger partial charge on any atom is -0.480 e. The zero-order valence-electron chi connectivity index (χ0n) is 45.9. The molecule has 1 aliphatic carbocycles. The summed E-state index contributed by atoms with van der Waals surface area (Å²) >= 11 is 0. The summed E-state index contributed by atoms with van der Waals surface area (Å²) in [4.78, 5) is 48.3. The lowest BCUT2D eigenvalue weighted by Crippen LogP contribution is -2.36. The predicted octanol–water partition coefficient (Wildman–Crippen LogP) is 19.2. The van der Waals surface area contributed by atoms with E-state index in [0.29, 0.717) is 31.8 Å². The molecule has 406 valence electrons. The second-order valence-corrected chi connectivity index (χ2v) is 21.3. The van der Waals surface area contributed by atoms with Gasteiger partial charge in [0.1, 0.15) is 12.3 Å². The Balaban J connectivity index is 0.000000528. The highest BCUT2D eigenvalue weighted by molar-refractivity contribution is 5.81. The number of amides is 1. The zero-order chi connectivity index (χ0) is 50.3. The van der Waals surface area contributed by atoms with E-state index in [2.05, 4.69) is 36.5 Å². The Morgan fingerprint density at radius 3 is 0.971 bits per heavy atom. The van der Waals surface area contributed by atoms with E-state index in [4.69, 9.17) is 9.84 Å². The van der Waals surface area contributed by atoms with Gasteiger partial charge in [-0.05, 0) is 116 Å². The molecule has 0 saturated carbocycles. The number of carbonyl (C=O) groups is 4. The van der Waals surface area contributed by atoms with Gasteiger partial charge in [-0.3, -0.25) is 19.2 Å². The van der Waals surface area contributed by atoms with E-state index in [1.165, 1.54) is 244 Å². The number of esters is 1. The van der Waals surface area contributed by atoms with Crippen LogP contribution in [0.1, 0.15) is 321 Å². The number of Topliss-reactive ketones (excluding diaryl/α,β-unsaturated/α-hetero) is 1. The highest BCUT2D eigenvalue weighted by Gasteiger charge is 2.16. The maximum absolute atomic E-state index is 12.3. The van der Waals surface area contributed by atoms with Crippen molar-refractivity contribution in [3.8, 4) is 0 Å². The Morgan fingerprint density at radius 1 is 0.357 bits per heavy atom. The summed E-state index contributed by atoms with van der Waals surface area (Å²) in [5, 5.41) is 9.05. The normalized spacial score (nSPS) is 23.4. The molecular weight excluding hydrogens is 867 g/mol. The lowest BCUT2D eigenvalue weighted by molar-refractivity contribution is -0.144. The van der Waals surface area contributed by atoms with Crippen LogP contribution in [0.15, 0.2) is 36.5 Å². The number of ketones is 1. The van der Waals surface area contributed by atoms with Crippen molar-refractivity contribution < 1.29 is 29.0 Å². The molecule has 0 aromatic rings. The van der Waals surface area contributed by atoms with Crippen LogP contribution in [0.5, 0.6) is 0 Å². The molecule has 0 radical (unpaired) electrons. The Kier molecular flexibility index (Phi) is 50.5. The molecule has 0 aromatic carbocycles. The number of aliphatic carboxylic acids is 1. The lowest BCUT2D eigenvalue weighted by atomic mass is 10.0. The smallest absolute Gasteiger partial charge is 0.323 e. The van der Waals surface area contributed by atoms with Gasteiger partial charge in [-0.15, -0.1) is 0 Å². The Morgan fingerprint density at radius 2 is 0.629 bits per heavy atom. The van der Waals surface area contributed by atoms with E-state index >= 15 is 0 Å². The van der Waals surface area contributed by atoms with Gasteiger partial charge in [-0.2, -0.15) is 0 Å². The van der Waals surface area contributed by atoms with Crippen molar-refractivity contribution in [2.24, 2.45) is 0 Å². The van der Waals surface area contributed by atoms with Gasteiger partial charge in [0.25, 0.3) is 0 Å². The van der Waals surface area contributed by atoms with E-state index in [9.17, 15) is 19.2 Å². The number of allylic oxidation sites excluding steroid dienone is 6. The first-order valence-electron chi connectivity index (χ1n) is 30.6. The molecule has 2 heterocycles. The van der Waals surface area contributed by atoms with Crippen LogP contribution < -0.4 is 0 Å². The molecule has 0 unspecified atom stereocenters. The number of ether oxygens (including phenoxy) is 1. The van der Waals surface area contributed by atoms with Crippen LogP contribution in [0.2, 0.25) is 0 Å². The number of hydrogen-bond acceptors (Lipinski definition) is 5. The monoisotopic (exact) mass is 980 g/mol. The first-order chi connectivity index (χ1) is 34.5. The highest BCUT2D eigenvalue weighted by Crippen LogP contribution is 2.17. The number of carbonyl (C=O) groups excluding carboxylic acids is 3. The molecule has 0 bridgehead atoms. The van der Waals surface area contributed by atoms with E-state index < -0.39 is 5.97 Å². The maximum atomic E-state index is 12.3. The standard InChI is InChI=1S/C22H39NO3.C21H38O.C20H36O2/c24-21-18-16-14-12-10-8-6-4-2-1-3-5-7-9-11-13-15-17-19-23(21)20-22(25)26;22-21-19-17-15-13-11-9-7-5-3-1-2-4-6-8-10-12-14-16-18-20-21;21-20-18-16-14-12-10-8-6-4-2-1-3-5-7-9-11-13-15-17-19-22-20/h1-2H,3-20H2,(H,25,26);1,3H,2,4-20H2;1-2H,3-19H2/b2-1-;3-1-;2-1-. The van der Waals surface area contributed by atoms with Crippen molar-refractivity contribution in [1.82, 2.24) is 4.90 Å². The van der Waals surface area contributed by atoms with Crippen LogP contribution in [0.3, 0.4) is 0 Å². The second kappa shape index (κ2) is 54.1. The van der Waals surface area contributed by atoms with Crippen molar-refractivity contribution in [3.63, 3.8) is 0 Å². The summed E-state index contributed by atoms with van der Waals surface area (Å²) in [5.74, 6) is -0.368. The van der Waals surface area contributed by atoms with Crippen molar-refractivity contribution in [2.45, 2.75) is 321 Å². The van der Waals surface area contributed by atoms with Gasteiger partial charge < -0.3 is 14.7 Å². The van der Waals surface area contributed by atoms with E-state index in [1.807, 2.05) is 0 Å². The molecule has 2 aliphatic heterocycles. The molecule has 0 atom stereocenters. The quantitative estimate of drug-likeness (QED) is 0.218. The third kappa shape index (κ3) is 50.2. The minimum absolute atomic E-state index is 0.0102. The number of rotatable bonds is 2. The topological polar surface area (TPSA) is 101 Å². The average molecular weight is 981 g/mol. The number of carboxylic acid groups (broad SMARTS) is 1. The van der Waals surface area contributed by atoms with Crippen LogP contribution in [-0.2, 0) is 23.9 Å². The largest absolute Gasteiger partial charge is 0.480 e. The van der Waals surface area contributed by atoms with Gasteiger partial charge in [0, 0.05) is 32.2 Å². The van der Waals surface area contributed by atoms with Gasteiger partial charge in [0.2, 0.25) is 5.91 Å². The third-order valence-corrected chi connectivity index (χ3v) is 14.4. The Bertz CT molecular complexity index is 1220. The number of hydrogen-bond donors (Lipinski definition) is 1. The van der Waals surface area contributed by atoms with Crippen LogP contribution >= 0.6 is 0 Å². The molecule has 70 heavy (non-hydrogen) atoms. The van der Waals surface area contributed by atoms with Gasteiger partial charge in [-0.25, -0.2) is 0 Å². The van der Waals surface area contributed by atoms with Crippen molar-refractivity contribution >= 4 is 23.6 Å². The lowest BCUT2D eigenvalue weighted by Gasteiger charge is -2.20. The fourth-order valence-corrected chi connectivity index (χ4v) is 9.82. The summed E-state index contributed by atoms with van der Waals surface area (Å²) in [6.45, 7) is 1.07. The summed E-state index contributed by atoms with van der Waals surface area (Å²) in [6.07, 6.45) is 74.3. The first-order valence-corrected chi connectivity index (χ1v) is 30.6. The van der Waals surface area contributed by atoms with E-state index in [0.717, 1.165) is 64.2 Å². The molecular formula is C63H113NO6. The summed E-state index contributed by atoms with van der Waals surface area (Å²) in [5.41, 5.74) is 0. The molecule has 1 amide bonds. The van der Waals surface area contributed by atoms with Crippen molar-refractivity contribution in [3.05, 3.63) is 36.5 Å². The molecule has 3 aliphatic rings. The van der Waals surface area contributed by atoms with E-state index in [-0.39, 0.29) is 18.4 Å². The fraction of sp³-hybridized carbons (Fsp3) is 0.841. The molecule has 1 N–H and O–H groups in total. The number of nitrogens with zero attached hydrogens (tertiary/aromatic N) is 1. The van der Waals surface area contributed by atoms with Gasteiger partial charge in [0.05, 0.1) is 6.61 Å². The zero-order valence-corrected chi connectivity index (χ0v) is 45.9. The summed E-state index contributed by atoms with van der Waals surface area (Å²) < 4.78 is 5.29. The van der Waals surface area contributed by atoms with Gasteiger partial charge in [-0.1, -0.05) is 216 Å². The maximum Gasteiger partial charge on any atom is 0.323 e. The number of cyclic esters (lactones) is 1. The van der Waals surface area contributed by atoms with E-state index in [1.54, 1.807) is 4.90 Å². The molecule has 0 aromatic heterocycles. The number of carboxylic acids is 1. The first kappa shape index (κ1) is 65.3. The average Bonchev–Trinajstić information content (AvgIpc) is 3.35. The van der Waals surface area contributed by atoms with Crippen LogP contribution in [-0.4, -0.2) is 53.3 Å². The molecule has 3 rings (SSSR count). The van der Waals surface area contributed by atoms with Crippen molar-refractivity contribution in [2.75, 3.05) is 19.7 Å². The fourth-order valence-electron chi connectivity index (χ4n) is 9.82. The van der Waals surface area contributed by atoms with Gasteiger partial charge >= 0.3 is 11.9 Å². The molecule has 7 heteroatoms. The van der Waals surface area contributed by atoms with Crippen LogP contribution in [0, 0.1) is 0 Å². The minimum atomic E-state index is -0.905. The predicted molar refractivity (Wildman–Crippen MR) is 298 cm³/mol. The molecule has 0 saturated heterocycles. The summed E-state index contributed by atoms with van der Waals surface area (Å²) in [6, 6.07) is 0.